The molecule has 32 heavy (non-hydrogen) atoms. The highest BCUT2D eigenvalue weighted by atomic mass is 16.5. The summed E-state index contributed by atoms with van der Waals surface area (Å²) in [5, 5.41) is 9.70. The predicted molar refractivity (Wildman–Crippen MR) is 127 cm³/mol. The van der Waals surface area contributed by atoms with Gasteiger partial charge in [0.1, 0.15) is 11.5 Å². The minimum atomic E-state index is -0.275. The van der Waals surface area contributed by atoms with Gasteiger partial charge < -0.3 is 9.47 Å². The Kier molecular flexibility index (Phi) is 4.57. The molecule has 0 radical (unpaired) electrons. The summed E-state index contributed by atoms with van der Waals surface area (Å²) >= 11 is 0. The van der Waals surface area contributed by atoms with Crippen LogP contribution in [-0.2, 0) is 0 Å². The molecule has 0 amide bonds. The third-order valence-electron chi connectivity index (χ3n) is 6.26. The highest BCUT2D eigenvalue weighted by Gasteiger charge is 2.40. The van der Waals surface area contributed by atoms with E-state index in [0.717, 1.165) is 29.2 Å². The summed E-state index contributed by atoms with van der Waals surface area (Å²) in [5.41, 5.74) is 4.52. The van der Waals surface area contributed by atoms with Crippen LogP contribution in [-0.4, -0.2) is 17.3 Å². The van der Waals surface area contributed by atoms with E-state index >= 15 is 0 Å². The lowest BCUT2D eigenvalue weighted by Crippen LogP contribution is -2.33. The first-order chi connectivity index (χ1) is 15.8. The van der Waals surface area contributed by atoms with Gasteiger partial charge in [-0.3, -0.25) is 0 Å². The van der Waals surface area contributed by atoms with E-state index in [1.54, 1.807) is 0 Å². The second-order valence-electron chi connectivity index (χ2n) is 8.22. The molecule has 0 bridgehead atoms. The molecule has 0 N–H and O–H groups in total. The number of hydrogen-bond acceptors (Lipinski definition) is 4. The van der Waals surface area contributed by atoms with Gasteiger partial charge in [0.05, 0.1) is 18.4 Å². The number of rotatable bonds is 4. The minimum absolute atomic E-state index is 0.151. The average molecular weight is 421 g/mol. The van der Waals surface area contributed by atoms with Gasteiger partial charge in [-0.25, -0.2) is 5.01 Å². The third-order valence-corrected chi connectivity index (χ3v) is 6.26. The summed E-state index contributed by atoms with van der Waals surface area (Å²) in [5.74, 6) is 1.80. The van der Waals surface area contributed by atoms with Crippen molar-refractivity contribution in [2.45, 2.75) is 25.6 Å². The molecule has 4 heteroatoms. The van der Waals surface area contributed by atoms with E-state index in [-0.39, 0.29) is 12.3 Å². The maximum atomic E-state index is 6.46. The van der Waals surface area contributed by atoms with Crippen molar-refractivity contribution in [3.63, 3.8) is 0 Å². The van der Waals surface area contributed by atoms with E-state index in [0.29, 0.717) is 6.61 Å². The van der Waals surface area contributed by atoms with Gasteiger partial charge in [0.15, 0.2) is 0 Å². The zero-order valence-electron chi connectivity index (χ0n) is 17.9. The SMILES string of the molecule is CCOc1ccc(C2Oc3ccccc3C3CC(c4ccc5ccccc5c4)=NN32)cc1. The number of para-hydroxylation sites is 1. The van der Waals surface area contributed by atoms with Crippen LogP contribution in [0.25, 0.3) is 10.8 Å². The Balaban J connectivity index is 1.40. The lowest BCUT2D eigenvalue weighted by Gasteiger charge is -2.38. The van der Waals surface area contributed by atoms with Gasteiger partial charge in [0.2, 0.25) is 6.23 Å². The predicted octanol–water partition coefficient (Wildman–Crippen LogP) is 6.48. The molecule has 0 spiro atoms. The summed E-state index contributed by atoms with van der Waals surface area (Å²) in [6, 6.07) is 31.7. The van der Waals surface area contributed by atoms with Gasteiger partial charge in [-0.2, -0.15) is 5.10 Å². The van der Waals surface area contributed by atoms with Crippen molar-refractivity contribution >= 4 is 16.5 Å². The lowest BCUT2D eigenvalue weighted by molar-refractivity contribution is -0.0190. The molecule has 2 heterocycles. The first-order valence-corrected chi connectivity index (χ1v) is 11.1. The fourth-order valence-electron chi connectivity index (χ4n) is 4.69. The second kappa shape index (κ2) is 7.72. The number of hydrogen-bond donors (Lipinski definition) is 0. The van der Waals surface area contributed by atoms with E-state index in [1.807, 2.05) is 25.1 Å². The maximum absolute atomic E-state index is 6.46. The van der Waals surface area contributed by atoms with Gasteiger partial charge in [0.25, 0.3) is 0 Å². The number of fused-ring (bicyclic) bond motifs is 4. The van der Waals surface area contributed by atoms with Crippen LogP contribution in [0.5, 0.6) is 11.5 Å². The van der Waals surface area contributed by atoms with Gasteiger partial charge in [-0.1, -0.05) is 54.6 Å². The van der Waals surface area contributed by atoms with Crippen LogP contribution in [0.4, 0.5) is 0 Å². The molecule has 6 rings (SSSR count). The van der Waals surface area contributed by atoms with Crippen molar-refractivity contribution in [3.8, 4) is 11.5 Å². The molecule has 4 aromatic rings. The molecular weight excluding hydrogens is 396 g/mol. The summed E-state index contributed by atoms with van der Waals surface area (Å²) in [7, 11) is 0. The molecule has 0 fully saturated rings. The van der Waals surface area contributed by atoms with Gasteiger partial charge in [-0.15, -0.1) is 0 Å². The smallest absolute Gasteiger partial charge is 0.213 e. The highest BCUT2D eigenvalue weighted by Crippen LogP contribution is 2.47. The van der Waals surface area contributed by atoms with Crippen molar-refractivity contribution < 1.29 is 9.47 Å². The molecule has 2 aliphatic heterocycles. The summed E-state index contributed by atoms with van der Waals surface area (Å²) in [6.45, 7) is 2.65. The van der Waals surface area contributed by atoms with Crippen LogP contribution in [0.15, 0.2) is 96.1 Å². The van der Waals surface area contributed by atoms with Crippen LogP contribution in [0.3, 0.4) is 0 Å². The Morgan fingerprint density at radius 1 is 0.906 bits per heavy atom. The third kappa shape index (κ3) is 3.19. The van der Waals surface area contributed by atoms with E-state index in [2.05, 4.69) is 77.8 Å². The first-order valence-electron chi connectivity index (χ1n) is 11.1. The lowest BCUT2D eigenvalue weighted by atomic mass is 9.95. The van der Waals surface area contributed by atoms with Crippen LogP contribution < -0.4 is 9.47 Å². The van der Waals surface area contributed by atoms with E-state index in [1.165, 1.54) is 21.9 Å². The molecule has 4 aromatic carbocycles. The Morgan fingerprint density at radius 2 is 1.69 bits per heavy atom. The highest BCUT2D eigenvalue weighted by molar-refractivity contribution is 6.04. The molecule has 0 saturated carbocycles. The van der Waals surface area contributed by atoms with Crippen molar-refractivity contribution in [1.29, 1.82) is 0 Å². The van der Waals surface area contributed by atoms with Gasteiger partial charge >= 0.3 is 0 Å². The molecule has 2 unspecified atom stereocenters. The topological polar surface area (TPSA) is 34.1 Å². The van der Waals surface area contributed by atoms with Crippen LogP contribution >= 0.6 is 0 Å². The monoisotopic (exact) mass is 420 g/mol. The number of nitrogens with zero attached hydrogens (tertiary/aromatic N) is 2. The Bertz CT molecular complexity index is 1310. The normalized spacial score (nSPS) is 19.2. The quantitative estimate of drug-likeness (QED) is 0.379. The van der Waals surface area contributed by atoms with Gasteiger partial charge in [0, 0.05) is 17.5 Å². The number of benzene rings is 4. The zero-order chi connectivity index (χ0) is 21.5. The molecule has 0 saturated heterocycles. The fourth-order valence-corrected chi connectivity index (χ4v) is 4.69. The first kappa shape index (κ1) is 18.9. The standard InChI is InChI=1S/C28H24N2O2/c1-2-31-23-15-13-20(14-16-23)28-30-26(24-9-5-6-10-27(24)32-28)18-25(29-30)22-12-11-19-7-3-4-8-21(19)17-22/h3-17,26,28H,2,18H2,1H3. The summed E-state index contributed by atoms with van der Waals surface area (Å²) in [6.07, 6.45) is 0.579. The van der Waals surface area contributed by atoms with Crippen LogP contribution in [0.2, 0.25) is 0 Å². The van der Waals surface area contributed by atoms with Gasteiger partial charge in [-0.05, 0) is 59.7 Å². The summed E-state index contributed by atoms with van der Waals surface area (Å²) < 4.78 is 12.1. The largest absolute Gasteiger partial charge is 0.494 e. The molecule has 0 aromatic heterocycles. The van der Waals surface area contributed by atoms with E-state index < -0.39 is 0 Å². The molecule has 2 atom stereocenters. The number of hydrazone groups is 1. The van der Waals surface area contributed by atoms with Crippen molar-refractivity contribution in [2.24, 2.45) is 5.10 Å². The van der Waals surface area contributed by atoms with Crippen molar-refractivity contribution in [3.05, 3.63) is 108 Å². The van der Waals surface area contributed by atoms with Crippen LogP contribution in [0, 0.1) is 0 Å². The Hall–Kier alpha value is -3.79. The van der Waals surface area contributed by atoms with E-state index in [9.17, 15) is 0 Å². The average Bonchev–Trinajstić information content (AvgIpc) is 3.30. The molecule has 2 aliphatic rings. The Morgan fingerprint density at radius 3 is 2.53 bits per heavy atom. The Labute approximate surface area is 187 Å². The van der Waals surface area contributed by atoms with Crippen molar-refractivity contribution in [2.75, 3.05) is 6.61 Å². The molecule has 158 valence electrons. The molecule has 4 nitrogen and oxygen atoms in total. The fraction of sp³-hybridized carbons (Fsp3) is 0.179. The summed E-state index contributed by atoms with van der Waals surface area (Å²) in [4.78, 5) is 0. The van der Waals surface area contributed by atoms with Crippen molar-refractivity contribution in [1.82, 2.24) is 5.01 Å². The second-order valence-corrected chi connectivity index (χ2v) is 8.22. The minimum Gasteiger partial charge on any atom is -0.494 e. The van der Waals surface area contributed by atoms with Crippen LogP contribution in [0.1, 0.15) is 42.3 Å². The maximum Gasteiger partial charge on any atom is 0.213 e. The zero-order valence-corrected chi connectivity index (χ0v) is 17.9. The molecule has 0 aliphatic carbocycles. The molecular formula is C28H24N2O2. The number of ether oxygens (including phenoxy) is 2. The van der Waals surface area contributed by atoms with E-state index in [4.69, 9.17) is 14.6 Å².